The largest absolute Gasteiger partial charge is 0.335 e. The average Bonchev–Trinajstić information content (AvgIpc) is 3.13. The van der Waals surface area contributed by atoms with Gasteiger partial charge in [-0.25, -0.2) is 4.98 Å². The predicted octanol–water partition coefficient (Wildman–Crippen LogP) is 2.73. The first-order valence-electron chi connectivity index (χ1n) is 8.97. The topological polar surface area (TPSA) is 52.2 Å². The van der Waals surface area contributed by atoms with Crippen molar-refractivity contribution in [2.24, 2.45) is 10.9 Å². The highest BCUT2D eigenvalue weighted by Crippen LogP contribution is 2.20. The molecule has 132 valence electrons. The van der Waals surface area contributed by atoms with Crippen LogP contribution in [0.5, 0.6) is 0 Å². The summed E-state index contributed by atoms with van der Waals surface area (Å²) in [5.74, 6) is -0.103. The summed E-state index contributed by atoms with van der Waals surface area (Å²) in [6, 6.07) is 14.2. The molecule has 0 saturated heterocycles. The van der Waals surface area contributed by atoms with E-state index in [4.69, 9.17) is 0 Å². The van der Waals surface area contributed by atoms with Crippen LogP contribution in [0.3, 0.4) is 0 Å². The lowest BCUT2D eigenvalue weighted by molar-refractivity contribution is -0.122. The fourth-order valence-corrected chi connectivity index (χ4v) is 3.38. The van der Waals surface area contributed by atoms with Gasteiger partial charge >= 0.3 is 0 Å². The van der Waals surface area contributed by atoms with E-state index in [0.29, 0.717) is 18.5 Å². The molecule has 4 rings (SSSR count). The zero-order valence-electron chi connectivity index (χ0n) is 14.9. The summed E-state index contributed by atoms with van der Waals surface area (Å²) in [4.78, 5) is 21.4. The first-order valence-corrected chi connectivity index (χ1v) is 8.97. The number of pyridine rings is 1. The monoisotopic (exact) mass is 346 g/mol. The quantitative estimate of drug-likeness (QED) is 0.732. The molecule has 3 heterocycles. The van der Waals surface area contributed by atoms with Crippen molar-refractivity contribution in [3.05, 3.63) is 83.5 Å². The lowest BCUT2D eigenvalue weighted by Crippen LogP contribution is -2.28. The maximum Gasteiger partial charge on any atom is 0.251 e. The van der Waals surface area contributed by atoms with Crippen LogP contribution in [0.15, 0.2) is 66.2 Å². The van der Waals surface area contributed by atoms with Gasteiger partial charge in [-0.15, -0.1) is 0 Å². The molecule has 5 nitrogen and oxygen atoms in total. The molecule has 5 heteroatoms. The van der Waals surface area contributed by atoms with Crippen LogP contribution in [0.2, 0.25) is 0 Å². The minimum atomic E-state index is -0.0627. The third kappa shape index (κ3) is 3.52. The van der Waals surface area contributed by atoms with E-state index in [9.17, 15) is 4.79 Å². The molecule has 1 unspecified atom stereocenters. The number of carbonyl (C=O) groups excluding carboxylic acids is 1. The third-order valence-corrected chi connectivity index (χ3v) is 4.94. The Balaban J connectivity index is 1.57. The van der Waals surface area contributed by atoms with Gasteiger partial charge in [0.2, 0.25) is 0 Å². The molecule has 0 spiro atoms. The molecular formula is C21H22N4O. The second-order valence-electron chi connectivity index (χ2n) is 6.89. The number of hydrogen-bond donors (Lipinski definition) is 0. The Kier molecular flexibility index (Phi) is 4.52. The number of carbonyl (C=O) groups is 1. The van der Waals surface area contributed by atoms with Crippen LogP contribution in [0.1, 0.15) is 23.2 Å². The average molecular weight is 346 g/mol. The molecule has 1 amide bonds. The highest BCUT2D eigenvalue weighted by Gasteiger charge is 2.24. The lowest BCUT2D eigenvalue weighted by atomic mass is 9.96. The number of fused-ring (bicyclic) bond motifs is 1. The summed E-state index contributed by atoms with van der Waals surface area (Å²) < 4.78 is 4.14. The van der Waals surface area contributed by atoms with Gasteiger partial charge in [-0.05, 0) is 31.0 Å². The molecule has 1 aliphatic rings. The van der Waals surface area contributed by atoms with Crippen molar-refractivity contribution in [3.63, 3.8) is 0 Å². The van der Waals surface area contributed by atoms with Crippen LogP contribution in [-0.2, 0) is 24.3 Å². The van der Waals surface area contributed by atoms with Crippen LogP contribution in [0, 0.1) is 12.8 Å². The maximum absolute atomic E-state index is 12.7. The lowest BCUT2D eigenvalue weighted by Gasteiger charge is -2.20. The van der Waals surface area contributed by atoms with Gasteiger partial charge in [-0.1, -0.05) is 35.9 Å². The molecule has 0 radical (unpaired) electrons. The zero-order chi connectivity index (χ0) is 17.9. The van der Waals surface area contributed by atoms with Crippen molar-refractivity contribution in [2.75, 3.05) is 0 Å². The first kappa shape index (κ1) is 16.5. The second-order valence-corrected chi connectivity index (χ2v) is 6.89. The number of benzene rings is 1. The van der Waals surface area contributed by atoms with E-state index < -0.39 is 0 Å². The highest BCUT2D eigenvalue weighted by atomic mass is 16.1. The summed E-state index contributed by atoms with van der Waals surface area (Å²) in [5.41, 5.74) is 4.25. The van der Waals surface area contributed by atoms with Crippen LogP contribution in [-0.4, -0.2) is 20.0 Å². The summed E-state index contributed by atoms with van der Waals surface area (Å²) in [6.07, 6.45) is 7.19. The highest BCUT2D eigenvalue weighted by molar-refractivity contribution is 5.79. The maximum atomic E-state index is 12.7. The van der Waals surface area contributed by atoms with Crippen LogP contribution < -0.4 is 5.49 Å². The normalized spacial score (nSPS) is 17.1. The molecule has 2 aromatic heterocycles. The van der Waals surface area contributed by atoms with E-state index in [2.05, 4.69) is 45.7 Å². The number of amides is 1. The number of rotatable bonds is 3. The molecular weight excluding hydrogens is 324 g/mol. The van der Waals surface area contributed by atoms with Gasteiger partial charge in [0.25, 0.3) is 5.91 Å². The molecule has 26 heavy (non-hydrogen) atoms. The Bertz CT molecular complexity index is 982. The molecule has 0 bridgehead atoms. The number of hydrogen-bond acceptors (Lipinski definition) is 2. The van der Waals surface area contributed by atoms with Crippen molar-refractivity contribution in [2.45, 2.75) is 32.9 Å². The van der Waals surface area contributed by atoms with Crippen LogP contribution >= 0.6 is 0 Å². The first-order chi connectivity index (χ1) is 12.7. The van der Waals surface area contributed by atoms with Gasteiger partial charge in [-0.2, -0.15) is 4.99 Å². The Morgan fingerprint density at radius 3 is 2.92 bits per heavy atom. The van der Waals surface area contributed by atoms with E-state index in [1.807, 2.05) is 41.5 Å². The minimum Gasteiger partial charge on any atom is -0.335 e. The second kappa shape index (κ2) is 7.12. The summed E-state index contributed by atoms with van der Waals surface area (Å²) in [5, 5.41) is 0. The number of nitrogens with zero attached hydrogens (tertiary/aromatic N) is 4. The molecule has 0 fully saturated rings. The van der Waals surface area contributed by atoms with Crippen LogP contribution in [0.25, 0.3) is 0 Å². The Morgan fingerprint density at radius 1 is 1.23 bits per heavy atom. The van der Waals surface area contributed by atoms with E-state index in [1.54, 1.807) is 0 Å². The van der Waals surface area contributed by atoms with Gasteiger partial charge in [0, 0.05) is 43.5 Å². The Morgan fingerprint density at radius 2 is 2.08 bits per heavy atom. The summed E-state index contributed by atoms with van der Waals surface area (Å²) in [6.45, 7) is 3.61. The van der Waals surface area contributed by atoms with Gasteiger partial charge in [0.05, 0.1) is 6.33 Å². The van der Waals surface area contributed by atoms with E-state index >= 15 is 0 Å². The number of aromatic nitrogens is 3. The Labute approximate surface area is 152 Å². The fraction of sp³-hybridized carbons (Fsp3) is 0.286. The third-order valence-electron chi connectivity index (χ3n) is 4.94. The molecule has 1 aliphatic heterocycles. The molecule has 1 atom stereocenters. The summed E-state index contributed by atoms with van der Waals surface area (Å²) >= 11 is 0. The van der Waals surface area contributed by atoms with Gasteiger partial charge < -0.3 is 9.13 Å². The van der Waals surface area contributed by atoms with Crippen molar-refractivity contribution >= 4 is 5.91 Å². The Hall–Kier alpha value is -2.95. The molecule has 3 aromatic rings. The molecule has 0 aliphatic carbocycles. The molecule has 0 N–H and O–H groups in total. The van der Waals surface area contributed by atoms with E-state index in [0.717, 1.165) is 18.7 Å². The smallest absolute Gasteiger partial charge is 0.251 e. The van der Waals surface area contributed by atoms with Gasteiger partial charge in [0.1, 0.15) is 5.49 Å². The van der Waals surface area contributed by atoms with Crippen LogP contribution in [0.4, 0.5) is 0 Å². The fourth-order valence-electron chi connectivity index (χ4n) is 3.38. The van der Waals surface area contributed by atoms with Gasteiger partial charge in [0.15, 0.2) is 0 Å². The summed E-state index contributed by atoms with van der Waals surface area (Å²) in [7, 11) is 0. The number of aryl methyl sites for hydroxylation is 2. The van der Waals surface area contributed by atoms with E-state index in [1.165, 1.54) is 11.1 Å². The predicted molar refractivity (Wildman–Crippen MR) is 99.3 cm³/mol. The van der Waals surface area contributed by atoms with Gasteiger partial charge in [-0.3, -0.25) is 4.79 Å². The minimum absolute atomic E-state index is 0.0405. The van der Waals surface area contributed by atoms with Crippen molar-refractivity contribution in [1.82, 2.24) is 14.1 Å². The van der Waals surface area contributed by atoms with E-state index in [-0.39, 0.29) is 11.8 Å². The van der Waals surface area contributed by atoms with Crippen molar-refractivity contribution in [3.8, 4) is 0 Å². The standard InChI is InChI=1S/C21H22N4O/c1-16-5-7-17(8-6-16)14-24-10-3-2-4-20(24)23-21(26)18-9-11-25-15-22-13-19(25)12-18/h2-8,10,13,15,18H,9,11-12,14H2,1H3. The zero-order valence-corrected chi connectivity index (χ0v) is 14.9. The molecule has 0 saturated carbocycles. The molecule has 1 aromatic carbocycles. The van der Waals surface area contributed by atoms with Crippen molar-refractivity contribution in [1.29, 1.82) is 0 Å². The van der Waals surface area contributed by atoms with Crippen molar-refractivity contribution < 1.29 is 4.79 Å². The number of imidazole rings is 1. The SMILES string of the molecule is Cc1ccc(Cn2ccccc2=NC(=O)C2CCn3cncc3C2)cc1.